The molecule has 7 heteroatoms. The van der Waals surface area contributed by atoms with E-state index in [2.05, 4.69) is 26.1 Å². The third-order valence-electron chi connectivity index (χ3n) is 12.4. The summed E-state index contributed by atoms with van der Waals surface area (Å²) in [4.78, 5) is 12.0. The Morgan fingerprint density at radius 1 is 1.05 bits per heavy atom. The second-order valence-corrected chi connectivity index (χ2v) is 14.4. The number of aliphatic hydroxyl groups excluding tert-OH is 2. The summed E-state index contributed by atoms with van der Waals surface area (Å²) in [5.74, 6) is 3.06. The number of hydrogen-bond donors (Lipinski definition) is 5. The molecule has 0 saturated heterocycles. The van der Waals surface area contributed by atoms with Gasteiger partial charge in [0, 0.05) is 18.5 Å². The number of carbonyl (C=O) groups is 1. The molecule has 0 bridgehead atoms. The smallest absolute Gasteiger partial charge is 0.305 e. The maximum Gasteiger partial charge on any atom is 0.305 e. The summed E-state index contributed by atoms with van der Waals surface area (Å²) in [6.45, 7) is 10.4. The van der Waals surface area contributed by atoms with Crippen molar-refractivity contribution in [3.63, 3.8) is 0 Å². The minimum Gasteiger partial charge on any atom is -0.466 e. The van der Waals surface area contributed by atoms with Crippen LogP contribution >= 0.6 is 0 Å². The molecule has 0 radical (unpaired) electrons. The van der Waals surface area contributed by atoms with E-state index in [4.69, 9.17) is 16.2 Å². The van der Waals surface area contributed by atoms with E-state index in [-0.39, 0.29) is 35.0 Å². The largest absolute Gasteiger partial charge is 0.466 e. The molecule has 0 amide bonds. The summed E-state index contributed by atoms with van der Waals surface area (Å²) in [6.07, 6.45) is 12.1. The predicted octanol–water partition coefficient (Wildman–Crippen LogP) is 4.33. The van der Waals surface area contributed by atoms with Crippen LogP contribution in [0.25, 0.3) is 0 Å². The highest BCUT2D eigenvalue weighted by atomic mass is 16.5. The lowest BCUT2D eigenvalue weighted by Gasteiger charge is -2.62. The van der Waals surface area contributed by atoms with Crippen molar-refractivity contribution >= 4 is 5.97 Å². The number of esters is 1. The van der Waals surface area contributed by atoms with Crippen molar-refractivity contribution in [2.45, 2.75) is 136 Å². The van der Waals surface area contributed by atoms with Crippen LogP contribution < -0.4 is 16.8 Å². The van der Waals surface area contributed by atoms with E-state index >= 15 is 0 Å². The number of aliphatic hydroxyl groups is 2. The zero-order chi connectivity index (χ0) is 28.4. The van der Waals surface area contributed by atoms with Gasteiger partial charge in [0.1, 0.15) is 6.23 Å². The first-order chi connectivity index (χ1) is 18.5. The van der Waals surface area contributed by atoms with Crippen molar-refractivity contribution in [2.24, 2.45) is 57.8 Å². The second kappa shape index (κ2) is 13.1. The SMILES string of the molecule is CCOC(=O)CC[C@@H](C)[C@H]1CC[C@H]2[C@@H]3[C@H](O)C[C@@H]4C[C@H](NC(O)[C@@H](N)CCCCN)CC[C@]4(C)[C@H]3CC[C@]12C. The molecule has 7 nitrogen and oxygen atoms in total. The van der Waals surface area contributed by atoms with E-state index in [1.807, 2.05) is 6.92 Å². The Labute approximate surface area is 237 Å². The van der Waals surface area contributed by atoms with E-state index < -0.39 is 6.23 Å². The van der Waals surface area contributed by atoms with Gasteiger partial charge in [-0.25, -0.2) is 0 Å². The minimum absolute atomic E-state index is 0.0689. The van der Waals surface area contributed by atoms with E-state index in [9.17, 15) is 15.0 Å². The van der Waals surface area contributed by atoms with Crippen LogP contribution in [0.3, 0.4) is 0 Å². The summed E-state index contributed by atoms with van der Waals surface area (Å²) >= 11 is 0. The minimum atomic E-state index is -0.685. The van der Waals surface area contributed by atoms with Gasteiger partial charge in [0.05, 0.1) is 12.7 Å². The number of rotatable bonds is 12. The van der Waals surface area contributed by atoms with Crippen LogP contribution in [0.1, 0.15) is 111 Å². The fourth-order valence-electron chi connectivity index (χ4n) is 10.2. The van der Waals surface area contributed by atoms with E-state index in [0.717, 1.165) is 51.4 Å². The van der Waals surface area contributed by atoms with Gasteiger partial charge in [-0.15, -0.1) is 0 Å². The van der Waals surface area contributed by atoms with Gasteiger partial charge in [0.25, 0.3) is 0 Å². The standard InChI is InChI=1S/C32H59N3O4/c1-5-39-28(37)12-9-20(2)23-10-11-24-29-25(14-16-32(23,24)4)31(3)15-13-22(18-21(31)19-27(29)36)35-30(38)26(34)8-6-7-17-33/h20-27,29-30,35-36,38H,5-19,33-34H2,1-4H3/t20-,21+,22-,23-,24+,25+,26+,27-,29+,30?,31+,32-/m1/s1. The van der Waals surface area contributed by atoms with Crippen molar-refractivity contribution < 1.29 is 19.7 Å². The average molecular weight is 550 g/mol. The number of fused-ring (bicyclic) bond motifs is 5. The topological polar surface area (TPSA) is 131 Å². The zero-order valence-corrected chi connectivity index (χ0v) is 25.2. The Hall–Kier alpha value is -0.730. The lowest BCUT2D eigenvalue weighted by Crippen LogP contribution is -2.60. The predicted molar refractivity (Wildman–Crippen MR) is 155 cm³/mol. The molecule has 0 heterocycles. The summed E-state index contributed by atoms with van der Waals surface area (Å²) in [7, 11) is 0. The summed E-state index contributed by atoms with van der Waals surface area (Å²) < 4.78 is 5.19. The second-order valence-electron chi connectivity index (χ2n) is 14.4. The number of ether oxygens (including phenoxy) is 1. The Morgan fingerprint density at radius 3 is 2.49 bits per heavy atom. The number of unbranched alkanes of at least 4 members (excludes halogenated alkanes) is 1. The highest BCUT2D eigenvalue weighted by Gasteiger charge is 2.62. The van der Waals surface area contributed by atoms with Crippen LogP contribution in [0.4, 0.5) is 0 Å². The van der Waals surface area contributed by atoms with Gasteiger partial charge >= 0.3 is 5.97 Å². The molecule has 12 atom stereocenters. The normalized spacial score (nSPS) is 42.1. The first-order valence-electron chi connectivity index (χ1n) is 16.3. The quantitative estimate of drug-likeness (QED) is 0.139. The Kier molecular flexibility index (Phi) is 10.5. The highest BCUT2D eigenvalue weighted by Crippen LogP contribution is 2.68. The summed E-state index contributed by atoms with van der Waals surface area (Å²) in [5, 5.41) is 25.9. The Morgan fingerprint density at radius 2 is 1.77 bits per heavy atom. The lowest BCUT2D eigenvalue weighted by molar-refractivity contribution is -0.168. The van der Waals surface area contributed by atoms with E-state index in [1.165, 1.54) is 25.7 Å². The number of nitrogens with one attached hydrogen (secondary N) is 1. The first kappa shape index (κ1) is 31.2. The van der Waals surface area contributed by atoms with Crippen LogP contribution in [-0.2, 0) is 9.53 Å². The maximum absolute atomic E-state index is 12.0. The molecule has 0 aromatic heterocycles. The molecule has 4 saturated carbocycles. The first-order valence-corrected chi connectivity index (χ1v) is 16.3. The molecule has 0 spiro atoms. The average Bonchev–Trinajstić information content (AvgIpc) is 3.25. The number of hydrogen-bond acceptors (Lipinski definition) is 7. The molecule has 39 heavy (non-hydrogen) atoms. The molecule has 4 fully saturated rings. The molecular weight excluding hydrogens is 490 g/mol. The third kappa shape index (κ3) is 6.38. The Balaban J connectivity index is 1.38. The Bertz CT molecular complexity index is 812. The molecule has 226 valence electrons. The molecule has 0 aliphatic heterocycles. The van der Waals surface area contributed by atoms with E-state index in [1.54, 1.807) is 0 Å². The molecule has 0 aromatic carbocycles. The summed E-state index contributed by atoms with van der Waals surface area (Å²) in [5.41, 5.74) is 12.4. The number of carbonyl (C=O) groups excluding carboxylic acids is 1. The van der Waals surface area contributed by atoms with E-state index in [0.29, 0.717) is 55.1 Å². The van der Waals surface area contributed by atoms with Gasteiger partial charge in [-0.1, -0.05) is 27.2 Å². The fraction of sp³-hybridized carbons (Fsp3) is 0.969. The monoisotopic (exact) mass is 549 g/mol. The molecular formula is C32H59N3O4. The van der Waals surface area contributed by atoms with Crippen LogP contribution in [0.15, 0.2) is 0 Å². The van der Waals surface area contributed by atoms with Crippen molar-refractivity contribution in [3.8, 4) is 0 Å². The van der Waals surface area contributed by atoms with Gasteiger partial charge in [-0.3, -0.25) is 10.1 Å². The fourth-order valence-corrected chi connectivity index (χ4v) is 10.2. The lowest BCUT2D eigenvalue weighted by atomic mass is 9.43. The molecule has 0 aromatic rings. The zero-order valence-electron chi connectivity index (χ0n) is 25.2. The molecule has 4 rings (SSSR count). The molecule has 4 aliphatic rings. The van der Waals surface area contributed by atoms with Crippen LogP contribution in [-0.4, -0.2) is 53.7 Å². The van der Waals surface area contributed by atoms with Crippen LogP contribution in [0, 0.1) is 46.3 Å². The maximum atomic E-state index is 12.0. The summed E-state index contributed by atoms with van der Waals surface area (Å²) in [6, 6.07) is -0.00967. The van der Waals surface area contributed by atoms with Crippen molar-refractivity contribution in [1.29, 1.82) is 0 Å². The van der Waals surface area contributed by atoms with Gasteiger partial charge < -0.3 is 26.4 Å². The number of nitrogens with two attached hydrogens (primary N) is 2. The van der Waals surface area contributed by atoms with Gasteiger partial charge in [-0.2, -0.15) is 0 Å². The van der Waals surface area contributed by atoms with Crippen molar-refractivity contribution in [3.05, 3.63) is 0 Å². The third-order valence-corrected chi connectivity index (χ3v) is 12.4. The van der Waals surface area contributed by atoms with Crippen LogP contribution in [0.2, 0.25) is 0 Å². The molecule has 4 aliphatic carbocycles. The van der Waals surface area contributed by atoms with Crippen molar-refractivity contribution in [1.82, 2.24) is 5.32 Å². The van der Waals surface area contributed by atoms with Gasteiger partial charge in [-0.05, 0) is 130 Å². The van der Waals surface area contributed by atoms with Crippen LogP contribution in [0.5, 0.6) is 0 Å². The van der Waals surface area contributed by atoms with Crippen molar-refractivity contribution in [2.75, 3.05) is 13.2 Å². The van der Waals surface area contributed by atoms with Gasteiger partial charge in [0.2, 0.25) is 0 Å². The molecule has 1 unspecified atom stereocenters. The van der Waals surface area contributed by atoms with Gasteiger partial charge in [0.15, 0.2) is 0 Å². The molecule has 7 N–H and O–H groups in total. The highest BCUT2D eigenvalue weighted by molar-refractivity contribution is 5.69.